The van der Waals surface area contributed by atoms with E-state index in [4.69, 9.17) is 10.5 Å². The van der Waals surface area contributed by atoms with Gasteiger partial charge in [-0.1, -0.05) is 12.1 Å². The topological polar surface area (TPSA) is 80.1 Å². The Balaban J connectivity index is 1.71. The lowest BCUT2D eigenvalue weighted by Crippen LogP contribution is -2.26. The van der Waals surface area contributed by atoms with Gasteiger partial charge in [0, 0.05) is 23.8 Å². The van der Waals surface area contributed by atoms with Crippen LogP contribution >= 0.6 is 0 Å². The van der Waals surface area contributed by atoms with Crippen molar-refractivity contribution in [2.24, 2.45) is 5.73 Å². The fourth-order valence-electron chi connectivity index (χ4n) is 2.61. The number of amides is 1. The summed E-state index contributed by atoms with van der Waals surface area (Å²) in [5.74, 6) is 0.518. The number of aromatic amines is 1. The van der Waals surface area contributed by atoms with E-state index in [0.717, 1.165) is 16.5 Å². The number of aromatic nitrogens is 1. The zero-order valence-electron chi connectivity index (χ0n) is 13.6. The molecule has 3 rings (SSSR count). The van der Waals surface area contributed by atoms with Crippen molar-refractivity contribution in [3.05, 3.63) is 65.9 Å². The summed E-state index contributed by atoms with van der Waals surface area (Å²) in [5, 5.41) is 4.15. The highest BCUT2D eigenvalue weighted by molar-refractivity contribution is 5.94. The largest absolute Gasteiger partial charge is 0.492 e. The molecule has 0 saturated carbocycles. The number of benzene rings is 2. The third-order valence-corrected chi connectivity index (χ3v) is 3.91. The highest BCUT2D eigenvalue weighted by Gasteiger charge is 2.12. The lowest BCUT2D eigenvalue weighted by Gasteiger charge is -2.15. The molecule has 0 aliphatic carbocycles. The van der Waals surface area contributed by atoms with Crippen molar-refractivity contribution in [3.8, 4) is 5.75 Å². The molecule has 0 fully saturated rings. The molecule has 3 aromatic rings. The summed E-state index contributed by atoms with van der Waals surface area (Å²) in [6, 6.07) is 15.2. The predicted octanol–water partition coefficient (Wildman–Crippen LogP) is 3.00. The van der Waals surface area contributed by atoms with Crippen LogP contribution in [0.2, 0.25) is 0 Å². The van der Waals surface area contributed by atoms with Gasteiger partial charge in [0.05, 0.1) is 6.04 Å². The van der Waals surface area contributed by atoms with Crippen molar-refractivity contribution < 1.29 is 9.53 Å². The maximum Gasteiger partial charge on any atom is 0.251 e. The Morgan fingerprint density at radius 1 is 1.25 bits per heavy atom. The first-order valence-electron chi connectivity index (χ1n) is 7.98. The highest BCUT2D eigenvalue weighted by atomic mass is 16.5. The molecule has 0 aliphatic rings. The van der Waals surface area contributed by atoms with Gasteiger partial charge in [-0.05, 0) is 54.3 Å². The molecule has 0 radical (unpaired) electrons. The number of hydrogen-bond acceptors (Lipinski definition) is 3. The van der Waals surface area contributed by atoms with Crippen LogP contribution in [-0.4, -0.2) is 24.0 Å². The van der Waals surface area contributed by atoms with Crippen molar-refractivity contribution >= 4 is 16.8 Å². The maximum atomic E-state index is 12.5. The summed E-state index contributed by atoms with van der Waals surface area (Å²) >= 11 is 0. The molecule has 1 amide bonds. The van der Waals surface area contributed by atoms with E-state index in [2.05, 4.69) is 16.4 Å². The first-order valence-corrected chi connectivity index (χ1v) is 7.98. The molecule has 4 N–H and O–H groups in total. The van der Waals surface area contributed by atoms with Crippen molar-refractivity contribution in [2.75, 3.05) is 13.2 Å². The fraction of sp³-hybridized carbons (Fsp3) is 0.211. The molecule has 1 atom stereocenters. The Bertz CT molecular complexity index is 841. The summed E-state index contributed by atoms with van der Waals surface area (Å²) in [7, 11) is 0. The summed E-state index contributed by atoms with van der Waals surface area (Å²) in [4.78, 5) is 15.6. The van der Waals surface area contributed by atoms with Gasteiger partial charge in [0.15, 0.2) is 0 Å². The second-order valence-electron chi connectivity index (χ2n) is 5.68. The van der Waals surface area contributed by atoms with Crippen molar-refractivity contribution in [1.82, 2.24) is 10.3 Å². The number of ether oxygens (including phenoxy) is 1. The summed E-state index contributed by atoms with van der Waals surface area (Å²) in [5.41, 5.74) is 8.14. The summed E-state index contributed by atoms with van der Waals surface area (Å²) in [6.45, 7) is 2.84. The smallest absolute Gasteiger partial charge is 0.251 e. The molecule has 1 heterocycles. The van der Waals surface area contributed by atoms with E-state index in [1.54, 1.807) is 18.2 Å². The number of nitrogens with two attached hydrogens (primary N) is 1. The Morgan fingerprint density at radius 3 is 2.96 bits per heavy atom. The molecule has 5 nitrogen and oxygen atoms in total. The van der Waals surface area contributed by atoms with E-state index in [9.17, 15) is 4.79 Å². The minimum absolute atomic E-state index is 0.0922. The zero-order chi connectivity index (χ0) is 16.9. The van der Waals surface area contributed by atoms with Gasteiger partial charge >= 0.3 is 0 Å². The molecule has 24 heavy (non-hydrogen) atoms. The van der Waals surface area contributed by atoms with Crippen molar-refractivity contribution in [2.45, 2.75) is 13.0 Å². The first kappa shape index (κ1) is 16.1. The molecule has 2 aromatic carbocycles. The third-order valence-electron chi connectivity index (χ3n) is 3.91. The van der Waals surface area contributed by atoms with E-state index >= 15 is 0 Å². The first-order chi connectivity index (χ1) is 11.7. The standard InChI is InChI=1S/C19H21N3O2/c1-13(14-5-6-18-15(11-14)7-9-21-18)22-19(23)16-3-2-4-17(12-16)24-10-8-20/h2-7,9,11-13,21H,8,10,20H2,1H3,(H,22,23)/t13-/m1/s1. The van der Waals surface area contributed by atoms with E-state index in [1.165, 1.54) is 0 Å². The molecule has 0 unspecified atom stereocenters. The number of hydrogen-bond donors (Lipinski definition) is 3. The van der Waals surface area contributed by atoms with Crippen LogP contribution in [-0.2, 0) is 0 Å². The second kappa shape index (κ2) is 7.19. The number of H-pyrrole nitrogens is 1. The fourth-order valence-corrected chi connectivity index (χ4v) is 2.61. The molecule has 0 spiro atoms. The number of carbonyl (C=O) groups is 1. The van der Waals surface area contributed by atoms with Crippen LogP contribution in [0.25, 0.3) is 10.9 Å². The lowest BCUT2D eigenvalue weighted by molar-refractivity contribution is 0.0939. The Hall–Kier alpha value is -2.79. The molecule has 0 aliphatic heterocycles. The lowest BCUT2D eigenvalue weighted by atomic mass is 10.1. The van der Waals surface area contributed by atoms with Gasteiger partial charge in [0.1, 0.15) is 12.4 Å². The van der Waals surface area contributed by atoms with Crippen LogP contribution in [0.1, 0.15) is 28.9 Å². The average molecular weight is 323 g/mol. The van der Waals surface area contributed by atoms with Gasteiger partial charge in [-0.25, -0.2) is 0 Å². The monoisotopic (exact) mass is 323 g/mol. The van der Waals surface area contributed by atoms with Crippen LogP contribution < -0.4 is 15.8 Å². The Morgan fingerprint density at radius 2 is 2.12 bits per heavy atom. The van der Waals surface area contributed by atoms with Gasteiger partial charge in [-0.3, -0.25) is 4.79 Å². The van der Waals surface area contributed by atoms with Gasteiger partial charge < -0.3 is 20.8 Å². The predicted molar refractivity (Wildman–Crippen MR) is 95.2 cm³/mol. The SMILES string of the molecule is C[C@@H](NC(=O)c1cccc(OCCN)c1)c1ccc2[nH]ccc2c1. The van der Waals surface area contributed by atoms with Crippen molar-refractivity contribution in [1.29, 1.82) is 0 Å². The van der Waals surface area contributed by atoms with Crippen LogP contribution in [0.5, 0.6) is 5.75 Å². The van der Waals surface area contributed by atoms with Gasteiger partial charge in [-0.15, -0.1) is 0 Å². The number of nitrogens with one attached hydrogen (secondary N) is 2. The number of rotatable bonds is 6. The minimum atomic E-state index is -0.130. The quantitative estimate of drug-likeness (QED) is 0.652. The summed E-state index contributed by atoms with van der Waals surface area (Å²) in [6.07, 6.45) is 1.91. The highest BCUT2D eigenvalue weighted by Crippen LogP contribution is 2.20. The molecule has 0 bridgehead atoms. The van der Waals surface area contributed by atoms with E-state index in [-0.39, 0.29) is 11.9 Å². The van der Waals surface area contributed by atoms with Crippen LogP contribution in [0.15, 0.2) is 54.7 Å². The van der Waals surface area contributed by atoms with Gasteiger partial charge in [-0.2, -0.15) is 0 Å². The molecule has 0 saturated heterocycles. The molecule has 5 heteroatoms. The maximum absolute atomic E-state index is 12.5. The summed E-state index contributed by atoms with van der Waals surface area (Å²) < 4.78 is 5.47. The number of fused-ring (bicyclic) bond motifs is 1. The van der Waals surface area contributed by atoms with Crippen LogP contribution in [0.4, 0.5) is 0 Å². The molecular formula is C19H21N3O2. The van der Waals surface area contributed by atoms with Crippen molar-refractivity contribution in [3.63, 3.8) is 0 Å². The van der Waals surface area contributed by atoms with Gasteiger partial charge in [0.25, 0.3) is 5.91 Å². The Labute approximate surface area is 140 Å². The second-order valence-corrected chi connectivity index (χ2v) is 5.68. The minimum Gasteiger partial charge on any atom is -0.492 e. The molecule has 1 aromatic heterocycles. The normalized spacial score (nSPS) is 12.1. The third kappa shape index (κ3) is 3.58. The van der Waals surface area contributed by atoms with Gasteiger partial charge in [0.2, 0.25) is 0 Å². The molecule has 124 valence electrons. The van der Waals surface area contributed by atoms with Crippen LogP contribution in [0.3, 0.4) is 0 Å². The molecular weight excluding hydrogens is 302 g/mol. The Kier molecular flexibility index (Phi) is 4.82. The zero-order valence-corrected chi connectivity index (χ0v) is 13.6. The van der Waals surface area contributed by atoms with Crippen LogP contribution in [0, 0.1) is 0 Å². The van der Waals surface area contributed by atoms with E-state index in [1.807, 2.05) is 37.4 Å². The average Bonchev–Trinajstić information content (AvgIpc) is 3.07. The number of carbonyl (C=O) groups excluding carboxylic acids is 1. The van der Waals surface area contributed by atoms with E-state index < -0.39 is 0 Å². The van der Waals surface area contributed by atoms with E-state index in [0.29, 0.717) is 24.5 Å².